The Bertz CT molecular complexity index is 706. The summed E-state index contributed by atoms with van der Waals surface area (Å²) in [5, 5.41) is 5.10. The molecule has 9 heteroatoms. The van der Waals surface area contributed by atoms with Gasteiger partial charge in [0.2, 0.25) is 0 Å². The molecule has 1 aromatic rings. The molecule has 0 radical (unpaired) electrons. The fourth-order valence-electron chi connectivity index (χ4n) is 2.49. The van der Waals surface area contributed by atoms with E-state index in [0.29, 0.717) is 11.3 Å². The summed E-state index contributed by atoms with van der Waals surface area (Å²) in [5.74, 6) is -0.683. The minimum absolute atomic E-state index is 0.0787. The molecule has 0 aromatic heterocycles. The number of esters is 1. The maximum absolute atomic E-state index is 12.5. The van der Waals surface area contributed by atoms with Crippen molar-refractivity contribution in [3.63, 3.8) is 0 Å². The monoisotopic (exact) mass is 356 g/mol. The number of urea groups is 1. The van der Waals surface area contributed by atoms with E-state index in [1.165, 1.54) is 25.3 Å². The highest BCUT2D eigenvalue weighted by atomic mass is 19.3. The van der Waals surface area contributed by atoms with Crippen molar-refractivity contribution in [2.75, 3.05) is 13.7 Å². The third-order valence-corrected chi connectivity index (χ3v) is 3.49. The summed E-state index contributed by atoms with van der Waals surface area (Å²) in [5.41, 5.74) is 0.998. The SMILES string of the molecule is CCOc1cc([C@H]2NC(=O)NC(C)=C2C(=O)OC)ccc1OC(F)F. The summed E-state index contributed by atoms with van der Waals surface area (Å²) in [6.07, 6.45) is 0. The average Bonchev–Trinajstić information content (AvgIpc) is 2.55. The second-order valence-electron chi connectivity index (χ2n) is 5.08. The van der Waals surface area contributed by atoms with Gasteiger partial charge in [-0.3, -0.25) is 0 Å². The van der Waals surface area contributed by atoms with Crippen molar-refractivity contribution in [2.24, 2.45) is 0 Å². The van der Waals surface area contributed by atoms with E-state index in [1.54, 1.807) is 13.8 Å². The van der Waals surface area contributed by atoms with Gasteiger partial charge in [0.15, 0.2) is 11.5 Å². The van der Waals surface area contributed by atoms with Gasteiger partial charge in [0.1, 0.15) is 0 Å². The molecule has 0 saturated heterocycles. The Balaban J connectivity index is 2.47. The molecule has 0 aliphatic carbocycles. The minimum atomic E-state index is -3.00. The average molecular weight is 356 g/mol. The fraction of sp³-hybridized carbons (Fsp3) is 0.375. The number of alkyl halides is 2. The van der Waals surface area contributed by atoms with Crippen molar-refractivity contribution in [3.05, 3.63) is 35.0 Å². The van der Waals surface area contributed by atoms with Crippen LogP contribution in [0, 0.1) is 0 Å². The predicted molar refractivity (Wildman–Crippen MR) is 83.4 cm³/mol. The number of carbonyl (C=O) groups is 2. The highest BCUT2D eigenvalue weighted by molar-refractivity contribution is 5.94. The topological polar surface area (TPSA) is 85.9 Å². The number of rotatable bonds is 6. The summed E-state index contributed by atoms with van der Waals surface area (Å²) in [4.78, 5) is 23.8. The third kappa shape index (κ3) is 4.17. The second-order valence-corrected chi connectivity index (χ2v) is 5.08. The number of nitrogens with one attached hydrogen (secondary N) is 2. The van der Waals surface area contributed by atoms with E-state index in [1.807, 2.05) is 0 Å². The fourth-order valence-corrected chi connectivity index (χ4v) is 2.49. The number of benzene rings is 1. The van der Waals surface area contributed by atoms with Gasteiger partial charge >= 0.3 is 18.6 Å². The van der Waals surface area contributed by atoms with Crippen molar-refractivity contribution >= 4 is 12.0 Å². The number of hydrogen-bond acceptors (Lipinski definition) is 5. The number of allylic oxidation sites excluding steroid dienone is 1. The Morgan fingerprint density at radius 2 is 2.04 bits per heavy atom. The highest BCUT2D eigenvalue weighted by Crippen LogP contribution is 2.35. The van der Waals surface area contributed by atoms with Crippen LogP contribution in [-0.4, -0.2) is 32.3 Å². The van der Waals surface area contributed by atoms with Crippen molar-refractivity contribution in [2.45, 2.75) is 26.5 Å². The third-order valence-electron chi connectivity index (χ3n) is 3.49. The summed E-state index contributed by atoms with van der Waals surface area (Å²) in [6, 6.07) is 2.88. The summed E-state index contributed by atoms with van der Waals surface area (Å²) < 4.78 is 39.5. The molecular weight excluding hydrogens is 338 g/mol. The maximum Gasteiger partial charge on any atom is 0.387 e. The molecule has 25 heavy (non-hydrogen) atoms. The second kappa shape index (κ2) is 7.82. The van der Waals surface area contributed by atoms with Crippen molar-refractivity contribution < 1.29 is 32.6 Å². The van der Waals surface area contributed by atoms with Crippen molar-refractivity contribution in [1.29, 1.82) is 0 Å². The van der Waals surface area contributed by atoms with Gasteiger partial charge in [0.25, 0.3) is 0 Å². The lowest BCUT2D eigenvalue weighted by molar-refractivity contribution is -0.136. The number of carbonyl (C=O) groups excluding carboxylic acids is 2. The van der Waals surface area contributed by atoms with Gasteiger partial charge in [-0.25, -0.2) is 9.59 Å². The first kappa shape index (κ1) is 18.5. The molecule has 0 bridgehead atoms. The predicted octanol–water partition coefficient (Wildman–Crippen LogP) is 2.49. The lowest BCUT2D eigenvalue weighted by Gasteiger charge is -2.28. The van der Waals surface area contributed by atoms with E-state index in [2.05, 4.69) is 15.4 Å². The van der Waals surface area contributed by atoms with Crippen LogP contribution in [-0.2, 0) is 9.53 Å². The molecule has 1 aromatic carbocycles. The first-order valence-electron chi connectivity index (χ1n) is 7.45. The minimum Gasteiger partial charge on any atom is -0.490 e. The van der Waals surface area contributed by atoms with Crippen LogP contribution < -0.4 is 20.1 Å². The van der Waals surface area contributed by atoms with Gasteiger partial charge in [-0.2, -0.15) is 8.78 Å². The Morgan fingerprint density at radius 3 is 2.64 bits per heavy atom. The zero-order valence-electron chi connectivity index (χ0n) is 13.9. The highest BCUT2D eigenvalue weighted by Gasteiger charge is 2.32. The van der Waals surface area contributed by atoms with Crippen LogP contribution in [0.1, 0.15) is 25.5 Å². The van der Waals surface area contributed by atoms with E-state index < -0.39 is 24.7 Å². The number of hydrogen-bond donors (Lipinski definition) is 2. The normalized spacial score (nSPS) is 17.0. The molecule has 0 spiro atoms. The summed E-state index contributed by atoms with van der Waals surface area (Å²) in [6.45, 7) is 0.474. The molecule has 0 fully saturated rings. The number of methoxy groups -OCH3 is 1. The molecular formula is C16H18F2N2O5. The van der Waals surface area contributed by atoms with Gasteiger partial charge < -0.3 is 24.8 Å². The zero-order valence-corrected chi connectivity index (χ0v) is 13.9. The lowest BCUT2D eigenvalue weighted by atomic mass is 9.95. The zero-order chi connectivity index (χ0) is 18.6. The first-order chi connectivity index (χ1) is 11.9. The van der Waals surface area contributed by atoms with Crippen LogP contribution in [0.4, 0.5) is 13.6 Å². The Morgan fingerprint density at radius 1 is 1.32 bits per heavy atom. The molecule has 1 aliphatic heterocycles. The molecule has 0 saturated carbocycles. The van der Waals surface area contributed by atoms with Gasteiger partial charge in [-0.1, -0.05) is 6.07 Å². The van der Waals surface area contributed by atoms with Gasteiger partial charge in [0.05, 0.1) is 25.3 Å². The molecule has 1 atom stereocenters. The van der Waals surface area contributed by atoms with E-state index in [4.69, 9.17) is 9.47 Å². The smallest absolute Gasteiger partial charge is 0.387 e. The van der Waals surface area contributed by atoms with Crippen molar-refractivity contribution in [3.8, 4) is 11.5 Å². The Labute approximate surface area is 142 Å². The van der Waals surface area contributed by atoms with Gasteiger partial charge in [-0.05, 0) is 31.5 Å². The first-order valence-corrected chi connectivity index (χ1v) is 7.45. The summed E-state index contributed by atoms with van der Waals surface area (Å²) in [7, 11) is 1.22. The van der Waals surface area contributed by atoms with Crippen LogP contribution in [0.3, 0.4) is 0 Å². The van der Waals surface area contributed by atoms with E-state index >= 15 is 0 Å². The van der Waals surface area contributed by atoms with Crippen LogP contribution in [0.5, 0.6) is 11.5 Å². The van der Waals surface area contributed by atoms with E-state index in [0.717, 1.165) is 0 Å². The maximum atomic E-state index is 12.5. The Hall–Kier alpha value is -2.84. The Kier molecular flexibility index (Phi) is 5.79. The molecule has 2 N–H and O–H groups in total. The molecule has 136 valence electrons. The van der Waals surface area contributed by atoms with E-state index in [-0.39, 0.29) is 23.7 Å². The number of halogens is 2. The number of ether oxygens (including phenoxy) is 3. The standard InChI is InChI=1S/C16H18F2N2O5/c1-4-24-11-7-9(5-6-10(11)25-15(17)18)13-12(14(21)23-3)8(2)19-16(22)20-13/h5-7,13,15H,4H2,1-3H3,(H2,19,20,22)/t13-/m1/s1. The molecule has 1 heterocycles. The van der Waals surface area contributed by atoms with Crippen LogP contribution in [0.2, 0.25) is 0 Å². The van der Waals surface area contributed by atoms with Crippen LogP contribution in [0.15, 0.2) is 29.5 Å². The number of amides is 2. The van der Waals surface area contributed by atoms with Gasteiger partial charge in [-0.15, -0.1) is 0 Å². The van der Waals surface area contributed by atoms with Crippen LogP contribution in [0.25, 0.3) is 0 Å². The lowest BCUT2D eigenvalue weighted by Crippen LogP contribution is -2.45. The molecule has 2 rings (SSSR count). The van der Waals surface area contributed by atoms with Crippen LogP contribution >= 0.6 is 0 Å². The molecule has 0 unspecified atom stereocenters. The largest absolute Gasteiger partial charge is 0.490 e. The van der Waals surface area contributed by atoms with E-state index in [9.17, 15) is 18.4 Å². The molecule has 1 aliphatic rings. The van der Waals surface area contributed by atoms with Gasteiger partial charge in [0, 0.05) is 5.70 Å². The summed E-state index contributed by atoms with van der Waals surface area (Å²) >= 11 is 0. The quantitative estimate of drug-likeness (QED) is 0.765. The van der Waals surface area contributed by atoms with Crippen molar-refractivity contribution in [1.82, 2.24) is 10.6 Å². The molecule has 2 amide bonds. The molecule has 7 nitrogen and oxygen atoms in total.